The number of benzene rings is 1. The number of aromatic nitrogens is 1. The highest BCUT2D eigenvalue weighted by Gasteiger charge is 2.06. The Labute approximate surface area is 111 Å². The molecule has 0 saturated heterocycles. The van der Waals surface area contributed by atoms with Crippen LogP contribution < -0.4 is 4.74 Å². The van der Waals surface area contributed by atoms with Crippen molar-refractivity contribution in [3.63, 3.8) is 0 Å². The van der Waals surface area contributed by atoms with Crippen LogP contribution in [0.2, 0.25) is 5.02 Å². The van der Waals surface area contributed by atoms with Crippen LogP contribution in [0.3, 0.4) is 0 Å². The maximum atomic E-state index is 6.10. The zero-order chi connectivity index (χ0) is 11.5. The number of halogens is 2. The van der Waals surface area contributed by atoms with Crippen LogP contribution in [-0.4, -0.2) is 11.6 Å². The van der Waals surface area contributed by atoms with E-state index in [1.165, 1.54) is 0 Å². The number of hydrogen-bond donors (Lipinski definition) is 0. The summed E-state index contributed by atoms with van der Waals surface area (Å²) in [5.74, 6) is 0.710. The van der Waals surface area contributed by atoms with Crippen LogP contribution in [-0.2, 0) is 0 Å². The Morgan fingerprint density at radius 2 is 2.31 bits per heavy atom. The fourth-order valence-electron chi connectivity index (χ4n) is 1.32. The molecule has 2 aromatic rings. The third-order valence-electron chi connectivity index (χ3n) is 2.00. The SMILES string of the molecule is CCOc1ccc(-c2csc(Br)n2)cc1Cl. The van der Waals surface area contributed by atoms with Crippen molar-refractivity contribution in [3.05, 3.63) is 32.5 Å². The van der Waals surface area contributed by atoms with Crippen molar-refractivity contribution >= 4 is 38.9 Å². The van der Waals surface area contributed by atoms with Crippen LogP contribution in [0.5, 0.6) is 5.75 Å². The van der Waals surface area contributed by atoms with Gasteiger partial charge in [-0.1, -0.05) is 11.6 Å². The number of rotatable bonds is 3. The maximum Gasteiger partial charge on any atom is 0.159 e. The van der Waals surface area contributed by atoms with Gasteiger partial charge in [0.05, 0.1) is 17.3 Å². The average molecular weight is 319 g/mol. The van der Waals surface area contributed by atoms with Crippen molar-refractivity contribution < 1.29 is 4.74 Å². The summed E-state index contributed by atoms with van der Waals surface area (Å²) in [6.45, 7) is 2.54. The molecule has 0 unspecified atom stereocenters. The minimum Gasteiger partial charge on any atom is -0.492 e. The van der Waals surface area contributed by atoms with E-state index in [-0.39, 0.29) is 0 Å². The Bertz CT molecular complexity index is 500. The molecule has 0 atom stereocenters. The second-order valence-electron chi connectivity index (χ2n) is 3.06. The first kappa shape index (κ1) is 11.9. The van der Waals surface area contributed by atoms with Gasteiger partial charge in [-0.15, -0.1) is 11.3 Å². The van der Waals surface area contributed by atoms with E-state index in [1.54, 1.807) is 11.3 Å². The van der Waals surface area contributed by atoms with Gasteiger partial charge in [0.2, 0.25) is 0 Å². The van der Waals surface area contributed by atoms with Crippen molar-refractivity contribution in [2.45, 2.75) is 6.92 Å². The Balaban J connectivity index is 2.34. The molecule has 0 bridgehead atoms. The molecular weight excluding hydrogens is 310 g/mol. The lowest BCUT2D eigenvalue weighted by Crippen LogP contribution is -1.92. The van der Waals surface area contributed by atoms with E-state index in [0.29, 0.717) is 17.4 Å². The Hall–Kier alpha value is -0.580. The van der Waals surface area contributed by atoms with Gasteiger partial charge in [0, 0.05) is 10.9 Å². The highest BCUT2D eigenvalue weighted by molar-refractivity contribution is 9.11. The zero-order valence-corrected chi connectivity index (χ0v) is 11.7. The number of ether oxygens (including phenoxy) is 1. The lowest BCUT2D eigenvalue weighted by Gasteiger charge is -2.06. The lowest BCUT2D eigenvalue weighted by atomic mass is 10.2. The molecule has 0 aliphatic rings. The number of thiazole rings is 1. The van der Waals surface area contributed by atoms with Gasteiger partial charge < -0.3 is 4.74 Å². The van der Waals surface area contributed by atoms with E-state index in [1.807, 2.05) is 30.5 Å². The molecule has 84 valence electrons. The first-order valence-electron chi connectivity index (χ1n) is 4.74. The molecule has 0 aliphatic heterocycles. The van der Waals surface area contributed by atoms with Gasteiger partial charge in [-0.25, -0.2) is 4.98 Å². The second-order valence-corrected chi connectivity index (χ2v) is 5.61. The molecule has 5 heteroatoms. The van der Waals surface area contributed by atoms with E-state index < -0.39 is 0 Å². The molecule has 16 heavy (non-hydrogen) atoms. The smallest absolute Gasteiger partial charge is 0.159 e. The molecule has 1 heterocycles. The summed E-state index contributed by atoms with van der Waals surface area (Å²) >= 11 is 11.0. The molecule has 0 amide bonds. The molecule has 2 rings (SSSR count). The summed E-state index contributed by atoms with van der Waals surface area (Å²) < 4.78 is 6.24. The fourth-order valence-corrected chi connectivity index (χ4v) is 2.57. The average Bonchev–Trinajstić information content (AvgIpc) is 2.68. The van der Waals surface area contributed by atoms with Gasteiger partial charge >= 0.3 is 0 Å². The predicted octanol–water partition coefficient (Wildman–Crippen LogP) is 4.62. The van der Waals surface area contributed by atoms with Crippen LogP contribution in [0, 0.1) is 0 Å². The quantitative estimate of drug-likeness (QED) is 0.823. The van der Waals surface area contributed by atoms with Crippen LogP contribution in [0.15, 0.2) is 27.5 Å². The van der Waals surface area contributed by atoms with Crippen LogP contribution in [0.25, 0.3) is 11.3 Å². The number of hydrogen-bond acceptors (Lipinski definition) is 3. The summed E-state index contributed by atoms with van der Waals surface area (Å²) in [5, 5.41) is 2.60. The topological polar surface area (TPSA) is 22.1 Å². The summed E-state index contributed by atoms with van der Waals surface area (Å²) in [5.41, 5.74) is 1.91. The Morgan fingerprint density at radius 3 is 2.88 bits per heavy atom. The maximum absolute atomic E-state index is 6.10. The molecule has 0 radical (unpaired) electrons. The van der Waals surface area contributed by atoms with Gasteiger partial charge in [-0.3, -0.25) is 0 Å². The van der Waals surface area contributed by atoms with Gasteiger partial charge in [0.1, 0.15) is 5.75 Å². The lowest BCUT2D eigenvalue weighted by molar-refractivity contribution is 0.340. The van der Waals surface area contributed by atoms with Gasteiger partial charge in [0.15, 0.2) is 3.92 Å². The van der Waals surface area contributed by atoms with E-state index in [4.69, 9.17) is 16.3 Å². The first-order chi connectivity index (χ1) is 7.70. The first-order valence-corrected chi connectivity index (χ1v) is 6.79. The van der Waals surface area contributed by atoms with Gasteiger partial charge in [-0.2, -0.15) is 0 Å². The van der Waals surface area contributed by atoms with E-state index in [2.05, 4.69) is 20.9 Å². The minimum atomic E-state index is 0.612. The molecule has 2 nitrogen and oxygen atoms in total. The summed E-state index contributed by atoms with van der Waals surface area (Å²) in [7, 11) is 0. The largest absolute Gasteiger partial charge is 0.492 e. The highest BCUT2D eigenvalue weighted by Crippen LogP contribution is 2.31. The van der Waals surface area contributed by atoms with E-state index >= 15 is 0 Å². The van der Waals surface area contributed by atoms with Crippen molar-refractivity contribution in [3.8, 4) is 17.0 Å². The molecule has 0 N–H and O–H groups in total. The molecule has 0 fully saturated rings. The van der Waals surface area contributed by atoms with Crippen LogP contribution in [0.4, 0.5) is 0 Å². The zero-order valence-electron chi connectivity index (χ0n) is 8.54. The monoisotopic (exact) mass is 317 g/mol. The summed E-state index contributed by atoms with van der Waals surface area (Å²) in [4.78, 5) is 4.33. The minimum absolute atomic E-state index is 0.612. The van der Waals surface area contributed by atoms with Crippen molar-refractivity contribution in [1.29, 1.82) is 0 Å². The molecule has 1 aromatic heterocycles. The Kier molecular flexibility index (Phi) is 3.84. The third-order valence-corrected chi connectivity index (χ3v) is 3.66. The fraction of sp³-hybridized carbons (Fsp3) is 0.182. The molecule has 0 saturated carbocycles. The predicted molar refractivity (Wildman–Crippen MR) is 71.4 cm³/mol. The summed E-state index contributed by atoms with van der Waals surface area (Å²) in [6.07, 6.45) is 0. The normalized spacial score (nSPS) is 10.4. The molecular formula is C11H9BrClNOS. The van der Waals surface area contributed by atoms with Crippen molar-refractivity contribution in [2.24, 2.45) is 0 Å². The van der Waals surface area contributed by atoms with Crippen molar-refractivity contribution in [1.82, 2.24) is 4.98 Å². The molecule has 0 spiro atoms. The van der Waals surface area contributed by atoms with Crippen LogP contribution in [0.1, 0.15) is 6.92 Å². The molecule has 1 aromatic carbocycles. The highest BCUT2D eigenvalue weighted by atomic mass is 79.9. The van der Waals surface area contributed by atoms with E-state index in [9.17, 15) is 0 Å². The Morgan fingerprint density at radius 1 is 1.50 bits per heavy atom. The van der Waals surface area contributed by atoms with Gasteiger partial charge in [-0.05, 0) is 41.1 Å². The van der Waals surface area contributed by atoms with Crippen molar-refractivity contribution in [2.75, 3.05) is 6.61 Å². The second kappa shape index (κ2) is 5.17. The third kappa shape index (κ3) is 2.56. The standard InChI is InChI=1S/C11H9BrClNOS/c1-2-15-10-4-3-7(5-8(10)13)9-6-16-11(12)14-9/h3-6H,2H2,1H3. The summed E-state index contributed by atoms with van der Waals surface area (Å²) in [6, 6.07) is 5.70. The number of nitrogens with zero attached hydrogens (tertiary/aromatic N) is 1. The van der Waals surface area contributed by atoms with E-state index in [0.717, 1.165) is 15.2 Å². The molecule has 0 aliphatic carbocycles. The van der Waals surface area contributed by atoms with Crippen LogP contribution >= 0.6 is 38.9 Å². The van der Waals surface area contributed by atoms with Gasteiger partial charge in [0.25, 0.3) is 0 Å².